The number of halogens is 1. The third kappa shape index (κ3) is 3.29. The molecule has 0 spiro atoms. The van der Waals surface area contributed by atoms with Crippen LogP contribution in [0.3, 0.4) is 0 Å². The van der Waals surface area contributed by atoms with E-state index in [2.05, 4.69) is 28.0 Å². The van der Waals surface area contributed by atoms with Gasteiger partial charge in [-0.05, 0) is 23.3 Å². The van der Waals surface area contributed by atoms with E-state index in [1.54, 1.807) is 6.07 Å². The summed E-state index contributed by atoms with van der Waals surface area (Å²) in [6.07, 6.45) is 0. The normalized spacial score (nSPS) is 16.0. The van der Waals surface area contributed by atoms with E-state index in [-0.39, 0.29) is 5.82 Å². The average Bonchev–Trinajstić information content (AvgIpc) is 2.57. The molecule has 116 valence electrons. The topological polar surface area (TPSA) is 32.5 Å². The fourth-order valence-corrected chi connectivity index (χ4v) is 3.01. The summed E-state index contributed by atoms with van der Waals surface area (Å²) >= 11 is 0. The predicted octanol–water partition coefficient (Wildman–Crippen LogP) is 2.61. The van der Waals surface area contributed by atoms with Gasteiger partial charge in [-0.2, -0.15) is 0 Å². The molecule has 4 heteroatoms. The quantitative estimate of drug-likeness (QED) is 0.942. The maximum absolute atomic E-state index is 13.8. The van der Waals surface area contributed by atoms with Gasteiger partial charge in [0.1, 0.15) is 5.82 Å². The molecule has 0 saturated carbocycles. The van der Waals surface area contributed by atoms with Crippen molar-refractivity contribution in [1.29, 1.82) is 0 Å². The number of nitrogens with zero attached hydrogens (tertiary/aromatic N) is 2. The Kier molecular flexibility index (Phi) is 4.71. The standard InChI is InChI=1S/C18H22FN3/c19-17-7-3-4-8-18(17)22-11-9-21(10-12-22)14-16-6-2-1-5-15(16)13-20/h1-8H,9-14,20H2. The van der Waals surface area contributed by atoms with Crippen LogP contribution < -0.4 is 10.6 Å². The van der Waals surface area contributed by atoms with Gasteiger partial charge in [0, 0.05) is 39.3 Å². The molecule has 1 saturated heterocycles. The van der Waals surface area contributed by atoms with Gasteiger partial charge in [0.15, 0.2) is 0 Å². The van der Waals surface area contributed by atoms with Crippen LogP contribution in [0, 0.1) is 5.82 Å². The minimum Gasteiger partial charge on any atom is -0.367 e. The number of rotatable bonds is 4. The summed E-state index contributed by atoms with van der Waals surface area (Å²) < 4.78 is 13.8. The van der Waals surface area contributed by atoms with E-state index in [4.69, 9.17) is 5.73 Å². The van der Waals surface area contributed by atoms with Crippen LogP contribution in [0.15, 0.2) is 48.5 Å². The Labute approximate surface area is 131 Å². The molecule has 22 heavy (non-hydrogen) atoms. The minimum absolute atomic E-state index is 0.135. The fourth-order valence-electron chi connectivity index (χ4n) is 3.01. The number of hydrogen-bond donors (Lipinski definition) is 1. The molecular weight excluding hydrogens is 277 g/mol. The van der Waals surface area contributed by atoms with Gasteiger partial charge >= 0.3 is 0 Å². The molecule has 2 aromatic rings. The molecule has 1 aliphatic heterocycles. The molecule has 0 aliphatic carbocycles. The van der Waals surface area contributed by atoms with Crippen LogP contribution in [0.25, 0.3) is 0 Å². The molecule has 1 heterocycles. The molecule has 1 aliphatic rings. The van der Waals surface area contributed by atoms with Gasteiger partial charge < -0.3 is 10.6 Å². The lowest BCUT2D eigenvalue weighted by Gasteiger charge is -2.36. The lowest BCUT2D eigenvalue weighted by molar-refractivity contribution is 0.248. The summed E-state index contributed by atoms with van der Waals surface area (Å²) in [5.41, 5.74) is 9.02. The first-order valence-electron chi connectivity index (χ1n) is 7.76. The molecule has 3 nitrogen and oxygen atoms in total. The van der Waals surface area contributed by atoms with Crippen LogP contribution in [-0.4, -0.2) is 31.1 Å². The van der Waals surface area contributed by atoms with E-state index in [0.717, 1.165) is 32.7 Å². The van der Waals surface area contributed by atoms with Crippen LogP contribution in [0.5, 0.6) is 0 Å². The van der Waals surface area contributed by atoms with E-state index >= 15 is 0 Å². The molecule has 0 aromatic heterocycles. The summed E-state index contributed by atoms with van der Waals surface area (Å²) in [7, 11) is 0. The Balaban J connectivity index is 1.61. The third-order valence-electron chi connectivity index (χ3n) is 4.30. The molecule has 2 aromatic carbocycles. The Bertz CT molecular complexity index is 621. The van der Waals surface area contributed by atoms with Crippen molar-refractivity contribution >= 4 is 5.69 Å². The lowest BCUT2D eigenvalue weighted by Crippen LogP contribution is -2.46. The smallest absolute Gasteiger partial charge is 0.146 e. The summed E-state index contributed by atoms with van der Waals surface area (Å²) in [5.74, 6) is -0.135. The Hall–Kier alpha value is -1.91. The molecule has 3 rings (SSSR count). The van der Waals surface area contributed by atoms with Crippen molar-refractivity contribution in [3.05, 3.63) is 65.5 Å². The van der Waals surface area contributed by atoms with Crippen molar-refractivity contribution in [3.63, 3.8) is 0 Å². The van der Waals surface area contributed by atoms with E-state index < -0.39 is 0 Å². The predicted molar refractivity (Wildman–Crippen MR) is 88.2 cm³/mol. The zero-order valence-electron chi connectivity index (χ0n) is 12.7. The average molecular weight is 299 g/mol. The third-order valence-corrected chi connectivity index (χ3v) is 4.30. The van der Waals surface area contributed by atoms with Gasteiger partial charge in [0.25, 0.3) is 0 Å². The zero-order chi connectivity index (χ0) is 15.4. The minimum atomic E-state index is -0.135. The second kappa shape index (κ2) is 6.90. The van der Waals surface area contributed by atoms with Crippen molar-refractivity contribution in [2.24, 2.45) is 5.73 Å². The van der Waals surface area contributed by atoms with Crippen LogP contribution >= 0.6 is 0 Å². The Morgan fingerprint density at radius 1 is 0.864 bits per heavy atom. The number of piperazine rings is 1. The maximum atomic E-state index is 13.8. The van der Waals surface area contributed by atoms with Crippen molar-refractivity contribution in [1.82, 2.24) is 4.90 Å². The van der Waals surface area contributed by atoms with Crippen LogP contribution in [0.2, 0.25) is 0 Å². The molecule has 0 unspecified atom stereocenters. The first-order chi connectivity index (χ1) is 10.8. The zero-order valence-corrected chi connectivity index (χ0v) is 12.7. The molecular formula is C18H22FN3. The van der Waals surface area contributed by atoms with Gasteiger partial charge in [-0.1, -0.05) is 36.4 Å². The van der Waals surface area contributed by atoms with E-state index in [1.165, 1.54) is 17.2 Å². The van der Waals surface area contributed by atoms with E-state index in [9.17, 15) is 4.39 Å². The first kappa shape index (κ1) is 15.0. The number of nitrogens with two attached hydrogens (primary N) is 1. The van der Waals surface area contributed by atoms with Crippen molar-refractivity contribution < 1.29 is 4.39 Å². The molecule has 0 bridgehead atoms. The van der Waals surface area contributed by atoms with Crippen LogP contribution in [0.4, 0.5) is 10.1 Å². The summed E-state index contributed by atoms with van der Waals surface area (Å²) in [6.45, 7) is 5.07. The van der Waals surface area contributed by atoms with Gasteiger partial charge in [0.2, 0.25) is 0 Å². The Morgan fingerprint density at radius 2 is 1.50 bits per heavy atom. The highest BCUT2D eigenvalue weighted by Gasteiger charge is 2.19. The largest absolute Gasteiger partial charge is 0.367 e. The van der Waals surface area contributed by atoms with Crippen molar-refractivity contribution in [2.45, 2.75) is 13.1 Å². The van der Waals surface area contributed by atoms with Gasteiger partial charge in [0.05, 0.1) is 5.69 Å². The SMILES string of the molecule is NCc1ccccc1CN1CCN(c2ccccc2F)CC1. The van der Waals surface area contributed by atoms with E-state index in [1.807, 2.05) is 18.2 Å². The highest BCUT2D eigenvalue weighted by Crippen LogP contribution is 2.21. The molecule has 0 radical (unpaired) electrons. The van der Waals surface area contributed by atoms with Gasteiger partial charge in [-0.3, -0.25) is 4.90 Å². The Morgan fingerprint density at radius 3 is 2.18 bits per heavy atom. The van der Waals surface area contributed by atoms with E-state index in [0.29, 0.717) is 12.2 Å². The van der Waals surface area contributed by atoms with Crippen LogP contribution in [-0.2, 0) is 13.1 Å². The highest BCUT2D eigenvalue weighted by molar-refractivity contribution is 5.48. The lowest BCUT2D eigenvalue weighted by atomic mass is 10.1. The number of hydrogen-bond acceptors (Lipinski definition) is 3. The summed E-state index contributed by atoms with van der Waals surface area (Å²) in [6, 6.07) is 15.3. The molecule has 1 fully saturated rings. The maximum Gasteiger partial charge on any atom is 0.146 e. The first-order valence-corrected chi connectivity index (χ1v) is 7.76. The van der Waals surface area contributed by atoms with Crippen LogP contribution in [0.1, 0.15) is 11.1 Å². The number of benzene rings is 2. The summed E-state index contributed by atoms with van der Waals surface area (Å²) in [4.78, 5) is 4.53. The molecule has 2 N–H and O–H groups in total. The van der Waals surface area contributed by atoms with Crippen molar-refractivity contribution in [3.8, 4) is 0 Å². The molecule has 0 amide bonds. The second-order valence-corrected chi connectivity index (χ2v) is 5.69. The van der Waals surface area contributed by atoms with Gasteiger partial charge in [-0.25, -0.2) is 4.39 Å². The number of anilines is 1. The fraction of sp³-hybridized carbons (Fsp3) is 0.333. The number of para-hydroxylation sites is 1. The highest BCUT2D eigenvalue weighted by atomic mass is 19.1. The monoisotopic (exact) mass is 299 g/mol. The second-order valence-electron chi connectivity index (χ2n) is 5.69. The van der Waals surface area contributed by atoms with Gasteiger partial charge in [-0.15, -0.1) is 0 Å². The molecule has 0 atom stereocenters. The van der Waals surface area contributed by atoms with Crippen molar-refractivity contribution in [2.75, 3.05) is 31.1 Å². The summed E-state index contributed by atoms with van der Waals surface area (Å²) in [5, 5.41) is 0.